The summed E-state index contributed by atoms with van der Waals surface area (Å²) in [6.07, 6.45) is -3.68. The predicted molar refractivity (Wildman–Crippen MR) is 83.4 cm³/mol. The molecule has 2 atom stereocenters. The molecule has 0 saturated carbocycles. The molecule has 1 aromatic heterocycles. The maximum atomic E-state index is 12.9. The molecular formula is C17H16F4N2O2. The number of benzene rings is 1. The van der Waals surface area contributed by atoms with Gasteiger partial charge in [-0.25, -0.2) is 4.39 Å². The highest BCUT2D eigenvalue weighted by Crippen LogP contribution is 2.28. The molecule has 25 heavy (non-hydrogen) atoms. The van der Waals surface area contributed by atoms with Crippen LogP contribution in [0.5, 0.6) is 0 Å². The van der Waals surface area contributed by atoms with Crippen LogP contribution in [0.1, 0.15) is 37.1 Å². The fourth-order valence-electron chi connectivity index (χ4n) is 2.28. The van der Waals surface area contributed by atoms with Crippen LogP contribution in [0.15, 0.2) is 47.4 Å². The number of alkyl halides is 3. The van der Waals surface area contributed by atoms with Gasteiger partial charge in [-0.05, 0) is 37.6 Å². The van der Waals surface area contributed by atoms with Crippen LogP contribution in [0.2, 0.25) is 0 Å². The van der Waals surface area contributed by atoms with Gasteiger partial charge < -0.3 is 9.88 Å². The number of rotatable bonds is 4. The molecule has 0 aliphatic carbocycles. The summed E-state index contributed by atoms with van der Waals surface area (Å²) in [5, 5.41) is 2.64. The van der Waals surface area contributed by atoms with Gasteiger partial charge in [-0.15, -0.1) is 0 Å². The van der Waals surface area contributed by atoms with Crippen LogP contribution in [-0.4, -0.2) is 10.5 Å². The molecule has 8 heteroatoms. The van der Waals surface area contributed by atoms with E-state index >= 15 is 0 Å². The van der Waals surface area contributed by atoms with Crippen LogP contribution in [0.4, 0.5) is 17.6 Å². The summed E-state index contributed by atoms with van der Waals surface area (Å²) in [6.45, 7) is 3.08. The lowest BCUT2D eigenvalue weighted by molar-refractivity contribution is -0.137. The molecule has 2 aromatic rings. The molecule has 2 rings (SSSR count). The van der Waals surface area contributed by atoms with E-state index in [9.17, 15) is 27.2 Å². The average Bonchev–Trinajstić information content (AvgIpc) is 2.53. The normalized spacial score (nSPS) is 14.0. The van der Waals surface area contributed by atoms with Crippen LogP contribution in [0.3, 0.4) is 0 Å². The lowest BCUT2D eigenvalue weighted by Gasteiger charge is -2.20. The standard InChI is InChI=1S/C17H16F4N2O2/c1-10(12-3-5-14(18)6-4-12)22-16(25)11(2)23-8-7-13(9-15(23)24)17(19,20)21/h3-11H,1-2H3,(H,22,25)/t10-,11-/m0/s1. The first kappa shape index (κ1) is 18.7. The molecule has 0 aliphatic rings. The molecule has 0 unspecified atom stereocenters. The molecular weight excluding hydrogens is 340 g/mol. The average molecular weight is 356 g/mol. The Balaban J connectivity index is 2.14. The summed E-state index contributed by atoms with van der Waals surface area (Å²) in [6, 6.07) is 5.26. The highest BCUT2D eigenvalue weighted by atomic mass is 19.4. The molecule has 4 nitrogen and oxygen atoms in total. The van der Waals surface area contributed by atoms with Crippen molar-refractivity contribution in [1.82, 2.24) is 9.88 Å². The maximum Gasteiger partial charge on any atom is 0.416 e. The Morgan fingerprint density at radius 1 is 1.12 bits per heavy atom. The minimum Gasteiger partial charge on any atom is -0.348 e. The minimum atomic E-state index is -4.62. The Hall–Kier alpha value is -2.64. The van der Waals surface area contributed by atoms with Crippen molar-refractivity contribution >= 4 is 5.91 Å². The van der Waals surface area contributed by atoms with E-state index in [0.29, 0.717) is 11.6 Å². The van der Waals surface area contributed by atoms with Crippen LogP contribution >= 0.6 is 0 Å². The Kier molecular flexibility index (Phi) is 5.30. The molecule has 1 heterocycles. The number of carbonyl (C=O) groups excluding carboxylic acids is 1. The van der Waals surface area contributed by atoms with Gasteiger partial charge in [0.2, 0.25) is 5.91 Å². The fourth-order valence-corrected chi connectivity index (χ4v) is 2.28. The van der Waals surface area contributed by atoms with Gasteiger partial charge >= 0.3 is 6.18 Å². The van der Waals surface area contributed by atoms with Gasteiger partial charge in [0, 0.05) is 12.3 Å². The number of carbonyl (C=O) groups is 1. The van der Waals surface area contributed by atoms with Crippen molar-refractivity contribution in [3.8, 4) is 0 Å². The third-order valence-corrected chi connectivity index (χ3v) is 3.80. The van der Waals surface area contributed by atoms with Crippen molar-refractivity contribution in [2.45, 2.75) is 32.1 Å². The maximum absolute atomic E-state index is 12.9. The fraction of sp³-hybridized carbons (Fsp3) is 0.294. The molecule has 0 fully saturated rings. The molecule has 0 bridgehead atoms. The molecule has 0 aliphatic heterocycles. The molecule has 0 spiro atoms. The molecule has 0 saturated heterocycles. The lowest BCUT2D eigenvalue weighted by atomic mass is 10.1. The Labute approximate surface area is 141 Å². The first-order valence-electron chi connectivity index (χ1n) is 7.45. The minimum absolute atomic E-state index is 0.410. The van der Waals surface area contributed by atoms with Crippen molar-refractivity contribution in [2.24, 2.45) is 0 Å². The lowest BCUT2D eigenvalue weighted by Crippen LogP contribution is -2.37. The van der Waals surface area contributed by atoms with Crippen molar-refractivity contribution in [2.75, 3.05) is 0 Å². The van der Waals surface area contributed by atoms with Gasteiger partial charge in [-0.1, -0.05) is 12.1 Å². The highest BCUT2D eigenvalue weighted by molar-refractivity contribution is 5.80. The van der Waals surface area contributed by atoms with Gasteiger partial charge in [0.15, 0.2) is 0 Å². The monoisotopic (exact) mass is 356 g/mol. The Morgan fingerprint density at radius 3 is 2.24 bits per heavy atom. The second kappa shape index (κ2) is 7.08. The van der Waals surface area contributed by atoms with E-state index in [2.05, 4.69) is 5.32 Å². The molecule has 0 radical (unpaired) electrons. The van der Waals surface area contributed by atoms with Gasteiger partial charge in [0.25, 0.3) is 5.56 Å². The van der Waals surface area contributed by atoms with E-state index in [1.165, 1.54) is 31.2 Å². The second-order valence-corrected chi connectivity index (χ2v) is 5.62. The van der Waals surface area contributed by atoms with E-state index in [1.54, 1.807) is 6.92 Å². The summed E-state index contributed by atoms with van der Waals surface area (Å²) < 4.78 is 51.6. The van der Waals surface area contributed by atoms with Crippen LogP contribution in [0, 0.1) is 5.82 Å². The summed E-state index contributed by atoms with van der Waals surface area (Å²) in [4.78, 5) is 24.1. The largest absolute Gasteiger partial charge is 0.416 e. The summed E-state index contributed by atoms with van der Waals surface area (Å²) in [7, 11) is 0. The molecule has 1 N–H and O–H groups in total. The Morgan fingerprint density at radius 2 is 1.72 bits per heavy atom. The number of nitrogens with zero attached hydrogens (tertiary/aromatic N) is 1. The van der Waals surface area contributed by atoms with Gasteiger partial charge in [-0.2, -0.15) is 13.2 Å². The predicted octanol–water partition coefficient (Wildman–Crippen LogP) is 3.44. The summed E-state index contributed by atoms with van der Waals surface area (Å²) in [5.41, 5.74) is -1.34. The number of aromatic nitrogens is 1. The van der Waals surface area contributed by atoms with Gasteiger partial charge in [0.05, 0.1) is 11.6 Å². The summed E-state index contributed by atoms with van der Waals surface area (Å²) in [5.74, 6) is -0.953. The zero-order chi connectivity index (χ0) is 18.8. The topological polar surface area (TPSA) is 51.1 Å². The molecule has 1 aromatic carbocycles. The highest BCUT2D eigenvalue weighted by Gasteiger charge is 2.31. The molecule has 134 valence electrons. The van der Waals surface area contributed by atoms with E-state index < -0.39 is 41.1 Å². The number of pyridine rings is 1. The third-order valence-electron chi connectivity index (χ3n) is 3.80. The van der Waals surface area contributed by atoms with Crippen LogP contribution in [0.25, 0.3) is 0 Å². The zero-order valence-electron chi connectivity index (χ0n) is 13.5. The second-order valence-electron chi connectivity index (χ2n) is 5.62. The Bertz CT molecular complexity index is 813. The number of halogens is 4. The van der Waals surface area contributed by atoms with E-state index in [0.717, 1.165) is 16.8 Å². The first-order valence-corrected chi connectivity index (χ1v) is 7.45. The number of hydrogen-bond donors (Lipinski definition) is 1. The smallest absolute Gasteiger partial charge is 0.348 e. The third kappa shape index (κ3) is 4.46. The van der Waals surface area contributed by atoms with Crippen LogP contribution < -0.4 is 10.9 Å². The first-order chi connectivity index (χ1) is 11.6. The van der Waals surface area contributed by atoms with Gasteiger partial charge in [0.1, 0.15) is 11.9 Å². The molecule has 1 amide bonds. The van der Waals surface area contributed by atoms with Gasteiger partial charge in [-0.3, -0.25) is 9.59 Å². The number of nitrogens with one attached hydrogen (secondary N) is 1. The zero-order valence-corrected chi connectivity index (χ0v) is 13.5. The SMILES string of the molecule is C[C@H](NC(=O)[C@H](C)n1ccc(C(F)(F)F)cc1=O)c1ccc(F)cc1. The van der Waals surface area contributed by atoms with E-state index in [1.807, 2.05) is 0 Å². The summed E-state index contributed by atoms with van der Waals surface area (Å²) >= 11 is 0. The van der Waals surface area contributed by atoms with Crippen molar-refractivity contribution in [3.63, 3.8) is 0 Å². The quantitative estimate of drug-likeness (QED) is 0.853. The van der Waals surface area contributed by atoms with E-state index in [4.69, 9.17) is 0 Å². The van der Waals surface area contributed by atoms with Crippen molar-refractivity contribution in [1.29, 1.82) is 0 Å². The van der Waals surface area contributed by atoms with Crippen molar-refractivity contribution < 1.29 is 22.4 Å². The van der Waals surface area contributed by atoms with E-state index in [-0.39, 0.29) is 0 Å². The number of hydrogen-bond acceptors (Lipinski definition) is 2. The number of amides is 1. The van der Waals surface area contributed by atoms with Crippen LogP contribution in [-0.2, 0) is 11.0 Å². The van der Waals surface area contributed by atoms with Crippen molar-refractivity contribution in [3.05, 3.63) is 69.9 Å².